The molecule has 6 heteroatoms. The van der Waals surface area contributed by atoms with E-state index in [0.717, 1.165) is 34.2 Å². The van der Waals surface area contributed by atoms with Crippen LogP contribution in [0.15, 0.2) is 42.6 Å². The summed E-state index contributed by atoms with van der Waals surface area (Å²) in [6, 6.07) is 8.94. The minimum atomic E-state index is -1.04. The summed E-state index contributed by atoms with van der Waals surface area (Å²) < 4.78 is 14.6. The first-order valence-electron chi connectivity index (χ1n) is 11.2. The molecule has 0 atom stereocenters. The van der Waals surface area contributed by atoms with Gasteiger partial charge in [-0.1, -0.05) is 32.1 Å². The maximum Gasteiger partial charge on any atom is 0.352 e. The van der Waals surface area contributed by atoms with Gasteiger partial charge in [-0.05, 0) is 60.2 Å². The van der Waals surface area contributed by atoms with Gasteiger partial charge < -0.3 is 20.4 Å². The zero-order valence-corrected chi connectivity index (χ0v) is 18.8. The van der Waals surface area contributed by atoms with Gasteiger partial charge in [-0.25, -0.2) is 9.18 Å². The molecule has 2 aromatic carbocycles. The summed E-state index contributed by atoms with van der Waals surface area (Å²) in [7, 11) is 0. The molecule has 0 spiro atoms. The zero-order chi connectivity index (χ0) is 23.3. The third-order valence-electron chi connectivity index (χ3n) is 6.31. The number of H-pyrrole nitrogens is 2. The highest BCUT2D eigenvalue weighted by molar-refractivity contribution is 6.05. The maximum absolute atomic E-state index is 14.6. The van der Waals surface area contributed by atoms with Crippen LogP contribution in [0.5, 0.6) is 0 Å². The Kier molecular flexibility index (Phi) is 5.08. The van der Waals surface area contributed by atoms with E-state index in [-0.39, 0.29) is 17.4 Å². The highest BCUT2D eigenvalue weighted by atomic mass is 19.1. The Morgan fingerprint density at radius 3 is 2.76 bits per heavy atom. The second kappa shape index (κ2) is 7.96. The summed E-state index contributed by atoms with van der Waals surface area (Å²) >= 11 is 0. The van der Waals surface area contributed by atoms with E-state index in [4.69, 9.17) is 0 Å². The lowest BCUT2D eigenvalue weighted by atomic mass is 9.86. The highest BCUT2D eigenvalue weighted by Gasteiger charge is 2.30. The minimum absolute atomic E-state index is 0.00711. The van der Waals surface area contributed by atoms with Crippen LogP contribution in [-0.2, 0) is 6.42 Å². The Balaban J connectivity index is 1.91. The number of halogens is 1. The molecule has 0 radical (unpaired) electrons. The van der Waals surface area contributed by atoms with Gasteiger partial charge in [0.2, 0.25) is 0 Å². The van der Waals surface area contributed by atoms with Crippen LogP contribution < -0.4 is 5.32 Å². The maximum atomic E-state index is 14.6. The molecule has 0 saturated carbocycles. The van der Waals surface area contributed by atoms with E-state index in [1.54, 1.807) is 6.20 Å². The minimum Gasteiger partial charge on any atom is -0.477 e. The average molecular weight is 444 g/mol. The van der Waals surface area contributed by atoms with Gasteiger partial charge in [0.1, 0.15) is 11.5 Å². The number of allylic oxidation sites excluding steroid dienone is 1. The number of aromatic amines is 2. The predicted octanol–water partition coefficient (Wildman–Crippen LogP) is 6.79. The summed E-state index contributed by atoms with van der Waals surface area (Å²) in [5.41, 5.74) is 7.60. The number of rotatable bonds is 6. The first-order valence-corrected chi connectivity index (χ1v) is 11.2. The summed E-state index contributed by atoms with van der Waals surface area (Å²) in [6.07, 6.45) is 6.76. The largest absolute Gasteiger partial charge is 0.477 e. The number of carboxylic acid groups (broad SMARTS) is 1. The van der Waals surface area contributed by atoms with E-state index >= 15 is 0 Å². The lowest BCUT2D eigenvalue weighted by molar-refractivity contribution is 0.0692. The van der Waals surface area contributed by atoms with Crippen molar-refractivity contribution in [1.82, 2.24) is 9.97 Å². The second-order valence-electron chi connectivity index (χ2n) is 8.71. The van der Waals surface area contributed by atoms with Crippen LogP contribution in [0.2, 0.25) is 0 Å². The topological polar surface area (TPSA) is 80.9 Å². The summed E-state index contributed by atoms with van der Waals surface area (Å²) in [4.78, 5) is 18.8. The van der Waals surface area contributed by atoms with Crippen molar-refractivity contribution in [3.63, 3.8) is 0 Å². The van der Waals surface area contributed by atoms with Crippen molar-refractivity contribution in [3.05, 3.63) is 70.8 Å². The molecule has 0 bridgehead atoms. The van der Waals surface area contributed by atoms with Crippen molar-refractivity contribution < 1.29 is 14.3 Å². The van der Waals surface area contributed by atoms with Gasteiger partial charge in [0.25, 0.3) is 0 Å². The molecule has 0 saturated heterocycles. The SMILES string of the molecule is CCNc1ccc2c(c1-c1c(C(=O)O)[nH]c(-c3cc(F)cc4[nH]ccc34)c1C(C)C)C=CC2. The molecule has 5 rings (SSSR count). The molecular weight excluding hydrogens is 417 g/mol. The molecule has 0 fully saturated rings. The third kappa shape index (κ3) is 3.33. The average Bonchev–Trinajstić information content (AvgIpc) is 3.50. The Morgan fingerprint density at radius 2 is 2.03 bits per heavy atom. The summed E-state index contributed by atoms with van der Waals surface area (Å²) in [5, 5.41) is 14.5. The first kappa shape index (κ1) is 21.1. The highest BCUT2D eigenvalue weighted by Crippen LogP contribution is 2.47. The molecule has 4 N–H and O–H groups in total. The molecule has 0 unspecified atom stereocenters. The van der Waals surface area contributed by atoms with Crippen molar-refractivity contribution in [2.45, 2.75) is 33.1 Å². The monoisotopic (exact) mass is 443 g/mol. The fourth-order valence-corrected chi connectivity index (χ4v) is 5.00. The van der Waals surface area contributed by atoms with Crippen molar-refractivity contribution in [2.75, 3.05) is 11.9 Å². The van der Waals surface area contributed by atoms with Crippen LogP contribution >= 0.6 is 0 Å². The van der Waals surface area contributed by atoms with Gasteiger partial charge >= 0.3 is 5.97 Å². The van der Waals surface area contributed by atoms with Crippen LogP contribution in [0.4, 0.5) is 10.1 Å². The zero-order valence-electron chi connectivity index (χ0n) is 18.8. The fourth-order valence-electron chi connectivity index (χ4n) is 5.00. The normalized spacial score (nSPS) is 12.6. The molecule has 0 aliphatic heterocycles. The quantitative estimate of drug-likeness (QED) is 0.265. The number of benzene rings is 2. The van der Waals surface area contributed by atoms with Gasteiger partial charge in [0.05, 0.1) is 5.69 Å². The molecule has 4 aromatic rings. The van der Waals surface area contributed by atoms with Crippen LogP contribution in [0.25, 0.3) is 39.4 Å². The van der Waals surface area contributed by atoms with E-state index in [9.17, 15) is 14.3 Å². The van der Waals surface area contributed by atoms with E-state index in [1.807, 2.05) is 32.9 Å². The van der Waals surface area contributed by atoms with Crippen molar-refractivity contribution >= 4 is 28.6 Å². The molecule has 2 aromatic heterocycles. The molecule has 33 heavy (non-hydrogen) atoms. The summed E-state index contributed by atoms with van der Waals surface area (Å²) in [5.74, 6) is -1.42. The van der Waals surface area contributed by atoms with Crippen molar-refractivity contribution in [1.29, 1.82) is 0 Å². The number of carbonyl (C=O) groups is 1. The molecule has 0 amide bonds. The van der Waals surface area contributed by atoms with E-state index in [2.05, 4.69) is 33.5 Å². The van der Waals surface area contributed by atoms with Gasteiger partial charge in [-0.15, -0.1) is 0 Å². The molecule has 5 nitrogen and oxygen atoms in total. The lowest BCUT2D eigenvalue weighted by Gasteiger charge is -2.19. The Labute approximate surface area is 191 Å². The molecular formula is C27H26FN3O2. The third-order valence-corrected chi connectivity index (χ3v) is 6.31. The number of fused-ring (bicyclic) bond motifs is 2. The van der Waals surface area contributed by atoms with Gasteiger partial charge in [-0.3, -0.25) is 0 Å². The lowest BCUT2D eigenvalue weighted by Crippen LogP contribution is -2.06. The predicted molar refractivity (Wildman–Crippen MR) is 131 cm³/mol. The number of nitrogens with one attached hydrogen (secondary N) is 3. The number of aromatic nitrogens is 2. The van der Waals surface area contributed by atoms with Crippen LogP contribution in [0.1, 0.15) is 53.9 Å². The van der Waals surface area contributed by atoms with Gasteiger partial charge in [-0.2, -0.15) is 0 Å². The molecule has 1 aliphatic rings. The fraction of sp³-hybridized carbons (Fsp3) is 0.222. The number of hydrogen-bond acceptors (Lipinski definition) is 2. The smallest absolute Gasteiger partial charge is 0.352 e. The Morgan fingerprint density at radius 1 is 1.21 bits per heavy atom. The second-order valence-corrected chi connectivity index (χ2v) is 8.71. The molecule has 1 aliphatic carbocycles. The first-order chi connectivity index (χ1) is 15.9. The van der Waals surface area contributed by atoms with Crippen LogP contribution in [0.3, 0.4) is 0 Å². The standard InChI is InChI=1S/C27H26FN3O2/c1-4-29-20-9-8-15-6-5-7-17(15)23(20)24-22(14(2)3)25(31-26(24)27(32)33)19-12-16(28)13-21-18(19)10-11-30-21/h5,7-14,29-31H,4,6H2,1-3H3,(H,32,33). The Bertz CT molecular complexity index is 1430. The number of aromatic carboxylic acids is 1. The van der Waals surface area contributed by atoms with Gasteiger partial charge in [0.15, 0.2) is 0 Å². The number of hydrogen-bond donors (Lipinski definition) is 4. The van der Waals surface area contributed by atoms with Gasteiger partial charge in [0, 0.05) is 46.0 Å². The van der Waals surface area contributed by atoms with Crippen LogP contribution in [0, 0.1) is 5.82 Å². The van der Waals surface area contributed by atoms with E-state index < -0.39 is 5.97 Å². The number of carboxylic acids is 1. The van der Waals surface area contributed by atoms with E-state index in [0.29, 0.717) is 28.9 Å². The number of anilines is 1. The van der Waals surface area contributed by atoms with Crippen molar-refractivity contribution in [3.8, 4) is 22.4 Å². The Hall–Kier alpha value is -3.80. The molecule has 2 heterocycles. The van der Waals surface area contributed by atoms with E-state index in [1.165, 1.54) is 17.7 Å². The van der Waals surface area contributed by atoms with Crippen molar-refractivity contribution in [2.24, 2.45) is 0 Å². The van der Waals surface area contributed by atoms with Crippen LogP contribution in [-0.4, -0.2) is 27.6 Å². The summed E-state index contributed by atoms with van der Waals surface area (Å²) in [6.45, 7) is 6.81. The molecule has 168 valence electrons.